The summed E-state index contributed by atoms with van der Waals surface area (Å²) in [7, 11) is -1.56. The Morgan fingerprint density at radius 2 is 2.05 bits per heavy atom. The molecule has 3 nitrogen and oxygen atoms in total. The van der Waals surface area contributed by atoms with E-state index in [0.29, 0.717) is 12.7 Å². The molecule has 1 heterocycles. The van der Waals surface area contributed by atoms with Gasteiger partial charge >= 0.3 is 5.97 Å². The van der Waals surface area contributed by atoms with Gasteiger partial charge in [0, 0.05) is 5.92 Å². The van der Waals surface area contributed by atoms with Crippen LogP contribution in [0.5, 0.6) is 0 Å². The predicted octanol–water partition coefficient (Wildman–Crippen LogP) is 3.80. The number of nitriles is 1. The van der Waals surface area contributed by atoms with Crippen molar-refractivity contribution in [1.29, 1.82) is 5.26 Å². The fourth-order valence-corrected chi connectivity index (χ4v) is 5.84. The molecule has 0 N–H and O–H groups in total. The minimum Gasteiger partial charge on any atom is -0.468 e. The van der Waals surface area contributed by atoms with Crippen LogP contribution in [0, 0.1) is 16.7 Å². The standard InChI is InChI=1S/C18H21NO2Si/c1-22(2)11-14-8-9-16(15-6-4-3-5-7-15)18(10-14,12-19)17(20)21-13-22/h3-8,16H,9-11,13H2,1-2H3/t16-,18-/m1/s1. The Morgan fingerprint density at radius 1 is 1.32 bits per heavy atom. The van der Waals surface area contributed by atoms with Gasteiger partial charge < -0.3 is 4.74 Å². The van der Waals surface area contributed by atoms with E-state index in [1.807, 2.05) is 30.3 Å². The first-order valence-corrected chi connectivity index (χ1v) is 11.2. The zero-order valence-electron chi connectivity index (χ0n) is 13.1. The quantitative estimate of drug-likeness (QED) is 0.450. The summed E-state index contributed by atoms with van der Waals surface area (Å²) in [5.41, 5.74) is 1.27. The first kappa shape index (κ1) is 15.0. The maximum Gasteiger partial charge on any atom is 0.327 e. The first-order chi connectivity index (χ1) is 10.5. The second-order valence-corrected chi connectivity index (χ2v) is 12.2. The van der Waals surface area contributed by atoms with Crippen LogP contribution in [0.15, 0.2) is 42.0 Å². The zero-order chi connectivity index (χ0) is 15.8. The van der Waals surface area contributed by atoms with Crippen LogP contribution in [0.1, 0.15) is 24.3 Å². The maximum absolute atomic E-state index is 12.8. The number of carbonyl (C=O) groups is 1. The molecule has 2 aliphatic rings. The van der Waals surface area contributed by atoms with E-state index in [9.17, 15) is 10.1 Å². The molecule has 0 spiro atoms. The summed E-state index contributed by atoms with van der Waals surface area (Å²) in [6, 6.07) is 13.3. The van der Waals surface area contributed by atoms with Gasteiger partial charge in [0.05, 0.1) is 20.4 Å². The smallest absolute Gasteiger partial charge is 0.327 e. The number of hydrogen-bond donors (Lipinski definition) is 0. The molecule has 1 fully saturated rings. The van der Waals surface area contributed by atoms with Crippen LogP contribution in [0.3, 0.4) is 0 Å². The van der Waals surface area contributed by atoms with Gasteiger partial charge in [0.25, 0.3) is 0 Å². The third-order valence-corrected chi connectivity index (χ3v) is 7.15. The van der Waals surface area contributed by atoms with Crippen LogP contribution < -0.4 is 0 Å². The van der Waals surface area contributed by atoms with Crippen LogP contribution in [0.4, 0.5) is 0 Å². The first-order valence-electron chi connectivity index (χ1n) is 7.78. The summed E-state index contributed by atoms with van der Waals surface area (Å²) in [6.07, 6.45) is 4.04. The number of fused-ring (bicyclic) bond motifs is 2. The Bertz CT molecular complexity index is 659. The molecule has 2 bridgehead atoms. The van der Waals surface area contributed by atoms with Gasteiger partial charge in [0.2, 0.25) is 0 Å². The van der Waals surface area contributed by atoms with Crippen LogP contribution in [-0.2, 0) is 9.53 Å². The number of cyclic esters (lactones) is 1. The molecule has 0 aromatic heterocycles. The second-order valence-electron chi connectivity index (χ2n) is 7.24. The van der Waals surface area contributed by atoms with E-state index >= 15 is 0 Å². The SMILES string of the molecule is C[Si]1(C)COC(=O)[C@@]2(C#N)CC(=CC[C@@H]2c2ccccc2)C1. The van der Waals surface area contributed by atoms with Gasteiger partial charge in [0.15, 0.2) is 5.41 Å². The second kappa shape index (κ2) is 5.40. The molecule has 1 aromatic carbocycles. The third kappa shape index (κ3) is 2.50. The fraction of sp³-hybridized carbons (Fsp3) is 0.444. The highest BCUT2D eigenvalue weighted by atomic mass is 28.3. The lowest BCUT2D eigenvalue weighted by Crippen LogP contribution is -2.46. The molecule has 4 heteroatoms. The van der Waals surface area contributed by atoms with E-state index < -0.39 is 13.5 Å². The molecule has 1 aliphatic carbocycles. The summed E-state index contributed by atoms with van der Waals surface area (Å²) in [5, 5.41) is 9.88. The summed E-state index contributed by atoms with van der Waals surface area (Å²) < 4.78 is 5.60. The molecular formula is C18H21NO2Si. The minimum atomic E-state index is -1.56. The summed E-state index contributed by atoms with van der Waals surface area (Å²) in [5.74, 6) is -0.437. The highest BCUT2D eigenvalue weighted by molar-refractivity contribution is 6.78. The Kier molecular flexibility index (Phi) is 3.70. The number of carbonyl (C=O) groups excluding carboxylic acids is 1. The van der Waals surface area contributed by atoms with Gasteiger partial charge in [-0.05, 0) is 24.4 Å². The molecule has 22 heavy (non-hydrogen) atoms. The van der Waals surface area contributed by atoms with Crippen molar-refractivity contribution in [2.75, 3.05) is 6.23 Å². The van der Waals surface area contributed by atoms with Crippen molar-refractivity contribution in [3.8, 4) is 6.07 Å². The van der Waals surface area contributed by atoms with Gasteiger partial charge in [-0.1, -0.05) is 55.1 Å². The summed E-state index contributed by atoms with van der Waals surface area (Å²) >= 11 is 0. The van der Waals surface area contributed by atoms with Crippen molar-refractivity contribution >= 4 is 14.0 Å². The van der Waals surface area contributed by atoms with Gasteiger partial charge in [-0.15, -0.1) is 0 Å². The number of allylic oxidation sites excluding steroid dienone is 2. The van der Waals surface area contributed by atoms with Crippen molar-refractivity contribution in [2.45, 2.75) is 37.9 Å². The molecule has 1 aromatic rings. The van der Waals surface area contributed by atoms with E-state index in [0.717, 1.165) is 18.0 Å². The molecule has 0 saturated carbocycles. The van der Waals surface area contributed by atoms with Crippen molar-refractivity contribution in [1.82, 2.24) is 0 Å². The van der Waals surface area contributed by atoms with Crippen molar-refractivity contribution in [3.63, 3.8) is 0 Å². The normalized spacial score (nSPS) is 30.3. The average molecular weight is 311 g/mol. The molecule has 114 valence electrons. The van der Waals surface area contributed by atoms with E-state index in [-0.39, 0.29) is 11.9 Å². The predicted molar refractivity (Wildman–Crippen MR) is 87.8 cm³/mol. The summed E-state index contributed by atoms with van der Waals surface area (Å²) in [4.78, 5) is 12.8. The Labute approximate surface area is 132 Å². The number of rotatable bonds is 1. The zero-order valence-corrected chi connectivity index (χ0v) is 14.1. The number of hydrogen-bond acceptors (Lipinski definition) is 3. The average Bonchev–Trinajstić information content (AvgIpc) is 2.52. The van der Waals surface area contributed by atoms with Crippen LogP contribution in [-0.4, -0.2) is 20.3 Å². The van der Waals surface area contributed by atoms with Crippen molar-refractivity contribution in [2.24, 2.45) is 5.41 Å². The van der Waals surface area contributed by atoms with Gasteiger partial charge in [-0.2, -0.15) is 5.26 Å². The van der Waals surface area contributed by atoms with Gasteiger partial charge in [-0.25, -0.2) is 0 Å². The fourth-order valence-electron chi connectivity index (χ4n) is 3.71. The van der Waals surface area contributed by atoms with Crippen LogP contribution in [0.2, 0.25) is 19.1 Å². The van der Waals surface area contributed by atoms with E-state index in [2.05, 4.69) is 25.2 Å². The topological polar surface area (TPSA) is 50.1 Å². The van der Waals surface area contributed by atoms with E-state index in [4.69, 9.17) is 4.74 Å². The molecule has 3 rings (SSSR count). The molecule has 0 radical (unpaired) electrons. The number of nitrogens with zero attached hydrogens (tertiary/aromatic N) is 1. The molecule has 0 amide bonds. The largest absolute Gasteiger partial charge is 0.468 e. The Hall–Kier alpha value is -1.86. The van der Waals surface area contributed by atoms with E-state index in [1.165, 1.54) is 5.57 Å². The molecule has 1 aliphatic heterocycles. The molecule has 1 saturated heterocycles. The highest BCUT2D eigenvalue weighted by Crippen LogP contribution is 2.50. The number of ether oxygens (including phenoxy) is 1. The van der Waals surface area contributed by atoms with Gasteiger partial charge in [0.1, 0.15) is 0 Å². The Balaban J connectivity index is 2.07. The van der Waals surface area contributed by atoms with Crippen molar-refractivity contribution in [3.05, 3.63) is 47.5 Å². The number of benzene rings is 1. The van der Waals surface area contributed by atoms with Crippen LogP contribution in [0.25, 0.3) is 0 Å². The molecule has 2 atom stereocenters. The van der Waals surface area contributed by atoms with E-state index in [1.54, 1.807) is 0 Å². The Morgan fingerprint density at radius 3 is 2.73 bits per heavy atom. The monoisotopic (exact) mass is 311 g/mol. The third-order valence-electron chi connectivity index (χ3n) is 4.81. The minimum absolute atomic E-state index is 0.113. The molecule has 0 unspecified atom stereocenters. The van der Waals surface area contributed by atoms with Crippen LogP contribution >= 0.6 is 0 Å². The maximum atomic E-state index is 12.8. The highest BCUT2D eigenvalue weighted by Gasteiger charge is 2.52. The lowest BCUT2D eigenvalue weighted by atomic mass is 9.65. The van der Waals surface area contributed by atoms with Gasteiger partial charge in [-0.3, -0.25) is 4.79 Å². The lowest BCUT2D eigenvalue weighted by Gasteiger charge is -2.41. The van der Waals surface area contributed by atoms with Crippen molar-refractivity contribution < 1.29 is 9.53 Å². The number of esters is 1. The molecular weight excluding hydrogens is 290 g/mol. The summed E-state index contributed by atoms with van der Waals surface area (Å²) in [6.45, 7) is 4.48. The lowest BCUT2D eigenvalue weighted by molar-refractivity contribution is -0.152.